The molecule has 35 heavy (non-hydrogen) atoms. The SMILES string of the molecule is CCC(CC)(NC(=O)OCC1c2ccccc2-c2ccccc21)C(=O)N(C)C1(C(=O)O)CCCC1. The maximum absolute atomic E-state index is 13.6. The molecule has 1 fully saturated rings. The molecule has 2 amide bonds. The topological polar surface area (TPSA) is 95.9 Å². The molecule has 2 N–H and O–H groups in total. The number of fused-ring (bicyclic) bond motifs is 3. The first-order chi connectivity index (χ1) is 16.8. The van der Waals surface area contributed by atoms with Crippen LogP contribution in [0, 0.1) is 0 Å². The molecule has 0 saturated heterocycles. The average molecular weight is 479 g/mol. The summed E-state index contributed by atoms with van der Waals surface area (Å²) in [5.41, 5.74) is 2.04. The molecule has 0 aromatic heterocycles. The van der Waals surface area contributed by atoms with Gasteiger partial charge >= 0.3 is 12.1 Å². The smallest absolute Gasteiger partial charge is 0.408 e. The molecule has 7 nitrogen and oxygen atoms in total. The fourth-order valence-corrected chi connectivity index (χ4v) is 5.78. The zero-order chi connectivity index (χ0) is 25.2. The number of benzene rings is 2. The zero-order valence-electron chi connectivity index (χ0n) is 20.7. The number of carboxylic acids is 1. The average Bonchev–Trinajstić information content (AvgIpc) is 3.50. The highest BCUT2D eigenvalue weighted by atomic mass is 16.5. The van der Waals surface area contributed by atoms with E-state index in [0.717, 1.165) is 35.1 Å². The van der Waals surface area contributed by atoms with E-state index < -0.39 is 23.1 Å². The molecule has 0 unspecified atom stereocenters. The van der Waals surface area contributed by atoms with Crippen molar-refractivity contribution in [3.8, 4) is 11.1 Å². The van der Waals surface area contributed by atoms with Crippen molar-refractivity contribution in [1.29, 1.82) is 0 Å². The van der Waals surface area contributed by atoms with E-state index in [0.29, 0.717) is 25.7 Å². The van der Waals surface area contributed by atoms with Gasteiger partial charge in [0.1, 0.15) is 17.7 Å². The van der Waals surface area contributed by atoms with Crippen molar-refractivity contribution in [2.75, 3.05) is 13.7 Å². The van der Waals surface area contributed by atoms with Crippen LogP contribution in [-0.2, 0) is 14.3 Å². The Balaban J connectivity index is 1.50. The second kappa shape index (κ2) is 9.72. The number of nitrogens with one attached hydrogen (secondary N) is 1. The van der Waals surface area contributed by atoms with Crippen LogP contribution in [-0.4, -0.2) is 52.7 Å². The first-order valence-corrected chi connectivity index (χ1v) is 12.4. The third-order valence-corrected chi connectivity index (χ3v) is 8.08. The van der Waals surface area contributed by atoms with Gasteiger partial charge in [0, 0.05) is 13.0 Å². The third-order valence-electron chi connectivity index (χ3n) is 8.08. The molecule has 0 spiro atoms. The van der Waals surface area contributed by atoms with Gasteiger partial charge in [-0.05, 0) is 47.9 Å². The van der Waals surface area contributed by atoms with Crippen molar-refractivity contribution in [3.05, 3.63) is 59.7 Å². The van der Waals surface area contributed by atoms with Crippen molar-refractivity contribution in [3.63, 3.8) is 0 Å². The van der Waals surface area contributed by atoms with E-state index in [1.165, 1.54) is 4.90 Å². The van der Waals surface area contributed by atoms with Crippen LogP contribution in [0.3, 0.4) is 0 Å². The van der Waals surface area contributed by atoms with Gasteiger partial charge in [0.05, 0.1) is 0 Å². The number of hydrogen-bond donors (Lipinski definition) is 2. The molecule has 4 rings (SSSR count). The minimum atomic E-state index is -1.23. The lowest BCUT2D eigenvalue weighted by Gasteiger charge is -2.41. The van der Waals surface area contributed by atoms with Gasteiger partial charge in [-0.3, -0.25) is 4.79 Å². The van der Waals surface area contributed by atoms with Crippen molar-refractivity contribution in [1.82, 2.24) is 10.2 Å². The van der Waals surface area contributed by atoms with Crippen LogP contribution >= 0.6 is 0 Å². The van der Waals surface area contributed by atoms with E-state index >= 15 is 0 Å². The molecular weight excluding hydrogens is 444 g/mol. The van der Waals surface area contributed by atoms with Gasteiger partial charge < -0.3 is 20.1 Å². The van der Waals surface area contributed by atoms with Crippen LogP contribution in [0.5, 0.6) is 0 Å². The number of carbonyl (C=O) groups is 3. The molecule has 1 saturated carbocycles. The Morgan fingerprint density at radius 1 is 1.00 bits per heavy atom. The highest BCUT2D eigenvalue weighted by molar-refractivity contribution is 5.94. The van der Waals surface area contributed by atoms with E-state index in [-0.39, 0.29) is 18.4 Å². The second-order valence-corrected chi connectivity index (χ2v) is 9.65. The van der Waals surface area contributed by atoms with Crippen LogP contribution < -0.4 is 5.32 Å². The summed E-state index contributed by atoms with van der Waals surface area (Å²) in [6, 6.07) is 16.2. The first-order valence-electron chi connectivity index (χ1n) is 12.4. The first kappa shape index (κ1) is 24.8. The molecular formula is C28H34N2O5. The van der Waals surface area contributed by atoms with Gasteiger partial charge in [-0.2, -0.15) is 0 Å². The van der Waals surface area contributed by atoms with Crippen molar-refractivity contribution >= 4 is 18.0 Å². The van der Waals surface area contributed by atoms with Gasteiger partial charge in [0.15, 0.2) is 0 Å². The van der Waals surface area contributed by atoms with Gasteiger partial charge in [-0.25, -0.2) is 9.59 Å². The number of carboxylic acid groups (broad SMARTS) is 1. The fraction of sp³-hybridized carbons (Fsp3) is 0.464. The predicted molar refractivity (Wildman–Crippen MR) is 133 cm³/mol. The Labute approximate surface area is 206 Å². The molecule has 0 radical (unpaired) electrons. The normalized spacial score (nSPS) is 16.3. The summed E-state index contributed by atoms with van der Waals surface area (Å²) in [5.74, 6) is -1.47. The number of alkyl carbamates (subject to hydrolysis) is 1. The summed E-state index contributed by atoms with van der Waals surface area (Å²) in [7, 11) is 1.54. The summed E-state index contributed by atoms with van der Waals surface area (Å²) in [5, 5.41) is 12.8. The number of likely N-dealkylation sites (N-methyl/N-ethyl adjacent to an activating group) is 1. The van der Waals surface area contributed by atoms with Crippen LogP contribution in [0.2, 0.25) is 0 Å². The molecule has 2 aliphatic carbocycles. The van der Waals surface area contributed by atoms with Gasteiger partial charge in [0.25, 0.3) is 0 Å². The zero-order valence-corrected chi connectivity index (χ0v) is 20.7. The van der Waals surface area contributed by atoms with E-state index in [1.54, 1.807) is 7.05 Å². The Hall–Kier alpha value is -3.35. The number of ether oxygens (including phenoxy) is 1. The van der Waals surface area contributed by atoms with E-state index in [9.17, 15) is 19.5 Å². The number of amides is 2. The number of nitrogens with zero attached hydrogens (tertiary/aromatic N) is 1. The van der Waals surface area contributed by atoms with Gasteiger partial charge in [0.2, 0.25) is 5.91 Å². The summed E-state index contributed by atoms with van der Waals surface area (Å²) < 4.78 is 5.69. The minimum Gasteiger partial charge on any atom is -0.479 e. The predicted octanol–water partition coefficient (Wildman–Crippen LogP) is 4.94. The lowest BCUT2D eigenvalue weighted by Crippen LogP contribution is -2.64. The number of hydrogen-bond acceptors (Lipinski definition) is 4. The number of carbonyl (C=O) groups excluding carboxylic acids is 2. The molecule has 0 heterocycles. The maximum Gasteiger partial charge on any atom is 0.408 e. The quantitative estimate of drug-likeness (QED) is 0.560. The Morgan fingerprint density at radius 2 is 1.51 bits per heavy atom. The molecule has 7 heteroatoms. The summed E-state index contributed by atoms with van der Waals surface area (Å²) in [6.45, 7) is 3.79. The molecule has 2 aromatic rings. The van der Waals surface area contributed by atoms with Crippen molar-refractivity contribution in [2.24, 2.45) is 0 Å². The monoisotopic (exact) mass is 478 g/mol. The Kier molecular flexibility index (Phi) is 6.88. The van der Waals surface area contributed by atoms with Crippen LogP contribution in [0.1, 0.15) is 69.4 Å². The lowest BCUT2D eigenvalue weighted by atomic mass is 9.87. The summed E-state index contributed by atoms with van der Waals surface area (Å²) >= 11 is 0. The molecule has 0 bridgehead atoms. The molecule has 0 atom stereocenters. The molecule has 2 aliphatic rings. The second-order valence-electron chi connectivity index (χ2n) is 9.65. The largest absolute Gasteiger partial charge is 0.479 e. The summed E-state index contributed by atoms with van der Waals surface area (Å²) in [6.07, 6.45) is 2.33. The van der Waals surface area contributed by atoms with Crippen LogP contribution in [0.25, 0.3) is 11.1 Å². The van der Waals surface area contributed by atoms with Crippen molar-refractivity contribution in [2.45, 2.75) is 69.4 Å². The van der Waals surface area contributed by atoms with E-state index in [4.69, 9.17) is 4.74 Å². The highest BCUT2D eigenvalue weighted by Gasteiger charge is 2.51. The summed E-state index contributed by atoms with van der Waals surface area (Å²) in [4.78, 5) is 40.1. The molecule has 2 aromatic carbocycles. The minimum absolute atomic E-state index is 0.0852. The third kappa shape index (κ3) is 4.17. The highest BCUT2D eigenvalue weighted by Crippen LogP contribution is 2.44. The Morgan fingerprint density at radius 3 is 2.00 bits per heavy atom. The molecule has 0 aliphatic heterocycles. The standard InChI is InChI=1S/C28H34N2O5/c1-4-27(5-2,24(31)30(3)28(25(32)33)16-10-11-17-28)29-26(34)35-18-23-21-14-8-6-12-19(21)20-13-7-9-15-22(20)23/h6-9,12-15,23H,4-5,10-11,16-18H2,1-3H3,(H,29,34)(H,32,33). The molecule has 186 valence electrons. The van der Waals surface area contributed by atoms with Crippen LogP contribution in [0.4, 0.5) is 4.79 Å². The number of aliphatic carboxylic acids is 1. The van der Waals surface area contributed by atoms with Crippen LogP contribution in [0.15, 0.2) is 48.5 Å². The van der Waals surface area contributed by atoms with Crippen molar-refractivity contribution < 1.29 is 24.2 Å². The maximum atomic E-state index is 13.6. The number of rotatable bonds is 8. The van der Waals surface area contributed by atoms with Gasteiger partial charge in [-0.1, -0.05) is 75.2 Å². The van der Waals surface area contributed by atoms with E-state index in [2.05, 4.69) is 29.6 Å². The van der Waals surface area contributed by atoms with Gasteiger partial charge in [-0.15, -0.1) is 0 Å². The fourth-order valence-electron chi connectivity index (χ4n) is 5.78. The van der Waals surface area contributed by atoms with E-state index in [1.807, 2.05) is 38.1 Å². The Bertz CT molecular complexity index is 1070. The lowest BCUT2D eigenvalue weighted by molar-refractivity contribution is -0.160.